The number of hydrogen-bond donors (Lipinski definition) is 4. The van der Waals surface area contributed by atoms with E-state index in [-0.39, 0.29) is 0 Å². The van der Waals surface area contributed by atoms with Crippen LogP contribution in [-0.2, 0) is 21.0 Å². The first-order valence-corrected chi connectivity index (χ1v) is 21.0. The predicted molar refractivity (Wildman–Crippen MR) is 192 cm³/mol. The van der Waals surface area contributed by atoms with Crippen molar-refractivity contribution >= 4 is 34.5 Å². The molecule has 0 amide bonds. The molecule has 3 N–H and O–H groups in total. The molecule has 0 spiro atoms. The quantitative estimate of drug-likeness (QED) is 0.0890. The fraction of sp³-hybridized carbons (Fsp3) is 0. The second-order valence-electron chi connectivity index (χ2n) is 9.84. The highest BCUT2D eigenvalue weighted by Crippen LogP contribution is 2.56. The average Bonchev–Trinajstić information content (AvgIpc) is 3.07. The third-order valence-electron chi connectivity index (χ3n) is 6.67. The van der Waals surface area contributed by atoms with Gasteiger partial charge >= 0.3 is 6.72 Å². The van der Waals surface area contributed by atoms with E-state index in [4.69, 9.17) is 25.4 Å². The molecule has 0 aliphatic carbocycles. The molecule has 0 bridgehead atoms. The van der Waals surface area contributed by atoms with Crippen LogP contribution in [0.15, 0.2) is 197 Å². The van der Waals surface area contributed by atoms with Crippen molar-refractivity contribution in [3.05, 3.63) is 182 Å². The van der Waals surface area contributed by atoms with Crippen LogP contribution in [0, 0.1) is 0 Å². The lowest BCUT2D eigenvalue weighted by Crippen LogP contribution is -2.16. The molecule has 6 nitrogen and oxygen atoms in total. The minimum Gasteiger partial charge on any atom is -0.407 e. The third-order valence-corrected chi connectivity index (χ3v) is 17.1. The van der Waals surface area contributed by atoms with Crippen molar-refractivity contribution in [1.29, 1.82) is 0 Å². The zero-order valence-corrected chi connectivity index (χ0v) is 28.1. The van der Waals surface area contributed by atoms with Crippen molar-refractivity contribution in [2.45, 2.75) is 14.7 Å². The van der Waals surface area contributed by atoms with E-state index in [1.165, 1.54) is 0 Å². The van der Waals surface area contributed by atoms with Crippen LogP contribution in [0.5, 0.6) is 17.2 Å². The summed E-state index contributed by atoms with van der Waals surface area (Å²) in [7, 11) is -2.96. The van der Waals surface area contributed by atoms with Gasteiger partial charge in [-0.3, -0.25) is 0 Å². The summed E-state index contributed by atoms with van der Waals surface area (Å²) in [4.78, 5) is 33.9. The minimum absolute atomic E-state index is 0.614. The normalized spacial score (nSPS) is 11.8. The summed E-state index contributed by atoms with van der Waals surface area (Å²) in [5.74, 6) is 1.84. The monoisotopic (exact) mass is 688 g/mol. The predicted octanol–water partition coefficient (Wildman–Crippen LogP) is 9.15. The Labute approximate surface area is 275 Å². The molecule has 6 rings (SSSR count). The molecule has 0 aliphatic rings. The number of rotatable bonds is 9. The Morgan fingerprint density at radius 1 is 0.370 bits per heavy atom. The maximum atomic E-state index is 10.6. The van der Waals surface area contributed by atoms with E-state index in [1.807, 2.05) is 182 Å². The first-order valence-electron chi connectivity index (χ1n) is 14.3. The Morgan fingerprint density at radius 3 is 0.804 bits per heavy atom. The Morgan fingerprint density at radius 2 is 0.587 bits per heavy atom. The van der Waals surface area contributed by atoms with Crippen LogP contribution < -0.4 is 13.6 Å². The average molecular weight is 689 g/mol. The van der Waals surface area contributed by atoms with Crippen LogP contribution in [0.25, 0.3) is 0 Å². The first kappa shape index (κ1) is 33.4. The number of hydrogen-bond acceptors (Lipinski definition) is 4. The molecule has 0 aliphatic heterocycles. The van der Waals surface area contributed by atoms with Gasteiger partial charge in [-0.15, -0.1) is 9.21 Å². The van der Waals surface area contributed by atoms with Gasteiger partial charge in [0.15, 0.2) is 0 Å². The van der Waals surface area contributed by atoms with Crippen molar-refractivity contribution in [2.75, 3.05) is 0 Å². The second kappa shape index (κ2) is 15.5. The first-order chi connectivity index (χ1) is 22.3. The molecule has 6 aromatic rings. The van der Waals surface area contributed by atoms with Gasteiger partial charge in [0.2, 0.25) is 0 Å². The lowest BCUT2D eigenvalue weighted by molar-refractivity contribution is 0.362. The van der Waals surface area contributed by atoms with Crippen molar-refractivity contribution in [1.82, 2.24) is 0 Å². The lowest BCUT2D eigenvalue weighted by atomic mass is 10.3. The topological polar surface area (TPSA) is 88.4 Å². The molecule has 0 saturated heterocycles. The van der Waals surface area contributed by atoms with Gasteiger partial charge in [-0.05, 0) is 87.5 Å². The van der Waals surface area contributed by atoms with Gasteiger partial charge in [0.1, 0.15) is 17.2 Å². The van der Waals surface area contributed by atoms with Gasteiger partial charge in [0, 0.05) is 11.8 Å². The lowest BCUT2D eigenvalue weighted by Gasteiger charge is -2.36. The summed E-state index contributed by atoms with van der Waals surface area (Å²) in [6.07, 6.45) is 0. The molecular weight excluding hydrogens is 654 g/mol. The molecule has 236 valence electrons. The standard InChI is InChI=1S/C18H19O3PS.C18H15O3PS/c19-22(20,21)23(16-10-4-1-5-11-16,17-12-6-2-7-13-17)18-14-8-3-9-15-18;23-22(19-16-10-4-1-5-11-16,20-17-12-6-2-7-13-17)21-18-14-8-3-9-15-18/h1-15,19-21,23H;1-15H. The van der Waals surface area contributed by atoms with E-state index in [9.17, 15) is 14.7 Å². The van der Waals surface area contributed by atoms with Crippen molar-refractivity contribution in [3.8, 4) is 17.2 Å². The molecule has 46 heavy (non-hydrogen) atoms. The van der Waals surface area contributed by atoms with Crippen molar-refractivity contribution in [3.63, 3.8) is 0 Å². The highest BCUT2D eigenvalue weighted by molar-refractivity contribution is 8.39. The van der Waals surface area contributed by atoms with Crippen LogP contribution in [0.4, 0.5) is 0 Å². The van der Waals surface area contributed by atoms with Crippen LogP contribution in [-0.4, -0.2) is 14.7 Å². The van der Waals surface area contributed by atoms with Crippen LogP contribution in [0.1, 0.15) is 0 Å². The summed E-state index contributed by atoms with van der Waals surface area (Å²) in [6.45, 7) is -7.26. The van der Waals surface area contributed by atoms with Crippen molar-refractivity contribution < 1.29 is 28.3 Å². The molecule has 0 aromatic heterocycles. The zero-order valence-electron chi connectivity index (χ0n) is 24.6. The number of benzene rings is 6. The van der Waals surface area contributed by atoms with Crippen LogP contribution in [0.2, 0.25) is 0 Å². The van der Waals surface area contributed by atoms with Gasteiger partial charge in [0.25, 0.3) is 6.72 Å². The smallest absolute Gasteiger partial charge is 0.407 e. The number of para-hydroxylation sites is 3. The van der Waals surface area contributed by atoms with E-state index in [0.717, 1.165) is 14.7 Å². The van der Waals surface area contributed by atoms with Gasteiger partial charge in [0.05, 0.1) is 0 Å². The summed E-state index contributed by atoms with van der Waals surface area (Å²) in [5.41, 5.74) is 0. The fourth-order valence-corrected chi connectivity index (χ4v) is 14.4. The van der Waals surface area contributed by atoms with E-state index < -0.39 is 22.6 Å². The Bertz CT molecular complexity index is 1710. The molecular formula is C36H34O6P2S2. The molecule has 10 heteroatoms. The maximum absolute atomic E-state index is 10.6. The molecule has 0 heterocycles. The fourth-order valence-electron chi connectivity index (χ4n) is 4.73. The summed E-state index contributed by atoms with van der Waals surface area (Å²) in [6, 6.07) is 55.8. The summed E-state index contributed by atoms with van der Waals surface area (Å²) in [5, 5.41) is 0. The van der Waals surface area contributed by atoms with E-state index in [2.05, 4.69) is 0 Å². The van der Waals surface area contributed by atoms with Gasteiger partial charge in [-0.2, -0.15) is 0 Å². The van der Waals surface area contributed by atoms with Crippen molar-refractivity contribution in [2.24, 2.45) is 0 Å². The van der Waals surface area contributed by atoms with Gasteiger partial charge < -0.3 is 28.3 Å². The molecule has 6 aromatic carbocycles. The Kier molecular flexibility index (Phi) is 11.3. The van der Waals surface area contributed by atoms with Gasteiger partial charge in [-0.1, -0.05) is 109 Å². The largest absolute Gasteiger partial charge is 0.490 e. The minimum atomic E-state index is -4.21. The van der Waals surface area contributed by atoms with Gasteiger partial charge in [-0.25, -0.2) is 0 Å². The molecule has 0 fully saturated rings. The molecule has 0 radical (unpaired) electrons. The molecule has 0 unspecified atom stereocenters. The Hall–Kier alpha value is -3.97. The number of thiol groups is 1. The van der Waals surface area contributed by atoms with E-state index in [0.29, 0.717) is 17.2 Å². The highest BCUT2D eigenvalue weighted by atomic mass is 32.6. The van der Waals surface area contributed by atoms with Crippen LogP contribution >= 0.6 is 13.4 Å². The maximum Gasteiger partial charge on any atom is 0.490 e. The van der Waals surface area contributed by atoms with E-state index in [1.54, 1.807) is 0 Å². The van der Waals surface area contributed by atoms with Crippen LogP contribution in [0.3, 0.4) is 0 Å². The Balaban J connectivity index is 0.000000181. The molecule has 0 saturated carbocycles. The highest BCUT2D eigenvalue weighted by Gasteiger charge is 2.31. The second-order valence-corrected chi connectivity index (χ2v) is 19.9. The summed E-state index contributed by atoms with van der Waals surface area (Å²) >= 11 is 5.59. The third kappa shape index (κ3) is 8.24. The zero-order chi connectivity index (χ0) is 32.3. The molecule has 0 atom stereocenters. The van der Waals surface area contributed by atoms with E-state index >= 15 is 0 Å². The SMILES string of the molecule is OP(O)(O)=[SH](c1ccccc1)(c1ccccc1)c1ccccc1.S=P(Oc1ccccc1)(Oc1ccccc1)Oc1ccccc1. The summed E-state index contributed by atoms with van der Waals surface area (Å²) < 4.78 is 17.7.